The lowest BCUT2D eigenvalue weighted by atomic mass is 9.77. The standard InChI is InChI=1S/C17H30N2OS/c1-13-8-10-17(11-9-13,16(18)21)19-15(20)12-14-6-4-2-3-5-7-14/h13-14H,2-12H2,1H3,(H2,18,21)(H,19,20). The minimum absolute atomic E-state index is 0.157. The minimum atomic E-state index is -0.413. The van der Waals surface area contributed by atoms with Crippen LogP contribution in [-0.2, 0) is 4.79 Å². The Bertz CT molecular complexity index is 367. The predicted octanol–water partition coefficient (Wildman–Crippen LogP) is 3.70. The topological polar surface area (TPSA) is 55.1 Å². The lowest BCUT2D eigenvalue weighted by Gasteiger charge is -2.39. The van der Waals surface area contributed by atoms with Crippen molar-refractivity contribution in [1.82, 2.24) is 5.32 Å². The van der Waals surface area contributed by atoms with Gasteiger partial charge in [0.25, 0.3) is 0 Å². The van der Waals surface area contributed by atoms with E-state index in [4.69, 9.17) is 18.0 Å². The third-order valence-electron chi connectivity index (χ3n) is 5.43. The number of thiocarbonyl (C=S) groups is 1. The number of amides is 1. The van der Waals surface area contributed by atoms with Crippen LogP contribution in [0.2, 0.25) is 0 Å². The van der Waals surface area contributed by atoms with Crippen molar-refractivity contribution in [2.45, 2.75) is 83.1 Å². The fourth-order valence-electron chi connectivity index (χ4n) is 3.84. The van der Waals surface area contributed by atoms with E-state index >= 15 is 0 Å². The molecule has 0 bridgehead atoms. The van der Waals surface area contributed by atoms with Gasteiger partial charge in [0, 0.05) is 6.42 Å². The highest BCUT2D eigenvalue weighted by atomic mass is 32.1. The molecule has 0 spiro atoms. The quantitative estimate of drug-likeness (QED) is 0.615. The van der Waals surface area contributed by atoms with Crippen LogP contribution in [0.25, 0.3) is 0 Å². The van der Waals surface area contributed by atoms with E-state index in [9.17, 15) is 4.79 Å². The predicted molar refractivity (Wildman–Crippen MR) is 91.1 cm³/mol. The first-order valence-electron chi connectivity index (χ1n) is 8.63. The van der Waals surface area contributed by atoms with Crippen molar-refractivity contribution in [2.24, 2.45) is 17.6 Å². The van der Waals surface area contributed by atoms with E-state index in [-0.39, 0.29) is 5.91 Å². The zero-order valence-corrected chi connectivity index (χ0v) is 14.1. The number of hydrogen-bond donors (Lipinski definition) is 2. The lowest BCUT2D eigenvalue weighted by Crippen LogP contribution is -2.58. The number of carbonyl (C=O) groups excluding carboxylic acids is 1. The third kappa shape index (κ3) is 4.67. The fourth-order valence-corrected chi connectivity index (χ4v) is 4.09. The third-order valence-corrected chi connectivity index (χ3v) is 5.82. The Kier molecular flexibility index (Phi) is 6.03. The maximum Gasteiger partial charge on any atom is 0.221 e. The Morgan fingerprint density at radius 3 is 2.24 bits per heavy atom. The molecule has 2 aliphatic carbocycles. The highest BCUT2D eigenvalue weighted by Gasteiger charge is 2.38. The summed E-state index contributed by atoms with van der Waals surface area (Å²) in [5, 5.41) is 3.21. The smallest absolute Gasteiger partial charge is 0.221 e. The monoisotopic (exact) mass is 310 g/mol. The molecular formula is C17H30N2OS. The minimum Gasteiger partial charge on any atom is -0.391 e. The second-order valence-corrected chi connectivity index (χ2v) is 7.68. The van der Waals surface area contributed by atoms with E-state index in [0.29, 0.717) is 23.2 Å². The molecule has 0 aromatic carbocycles. The van der Waals surface area contributed by atoms with E-state index in [1.54, 1.807) is 0 Å². The normalized spacial score (nSPS) is 31.4. The number of hydrogen-bond acceptors (Lipinski definition) is 2. The van der Waals surface area contributed by atoms with E-state index in [2.05, 4.69) is 12.2 Å². The molecule has 2 saturated carbocycles. The lowest BCUT2D eigenvalue weighted by molar-refractivity contribution is -0.123. The molecule has 3 N–H and O–H groups in total. The van der Waals surface area contributed by atoms with Crippen LogP contribution in [0.4, 0.5) is 0 Å². The summed E-state index contributed by atoms with van der Waals surface area (Å²) in [6.07, 6.45) is 12.3. The molecule has 0 atom stereocenters. The first-order chi connectivity index (χ1) is 10.0. The van der Waals surface area contributed by atoms with Gasteiger partial charge in [0.1, 0.15) is 0 Å². The number of nitrogens with one attached hydrogen (secondary N) is 1. The highest BCUT2D eigenvalue weighted by Crippen LogP contribution is 2.33. The summed E-state index contributed by atoms with van der Waals surface area (Å²) < 4.78 is 0. The summed E-state index contributed by atoms with van der Waals surface area (Å²) in [4.78, 5) is 12.9. The summed E-state index contributed by atoms with van der Waals surface area (Å²) in [5.41, 5.74) is 5.56. The van der Waals surface area contributed by atoms with Crippen LogP contribution in [-0.4, -0.2) is 16.4 Å². The molecule has 2 aliphatic rings. The number of rotatable bonds is 4. The number of nitrogens with two attached hydrogens (primary N) is 1. The van der Waals surface area contributed by atoms with E-state index in [1.165, 1.54) is 38.5 Å². The van der Waals surface area contributed by atoms with Crippen LogP contribution in [0.15, 0.2) is 0 Å². The average Bonchev–Trinajstić information content (AvgIpc) is 2.70. The van der Waals surface area contributed by atoms with Crippen LogP contribution in [0.1, 0.15) is 77.6 Å². The van der Waals surface area contributed by atoms with Crippen molar-refractivity contribution in [3.05, 3.63) is 0 Å². The van der Waals surface area contributed by atoms with Crippen molar-refractivity contribution in [3.8, 4) is 0 Å². The zero-order valence-electron chi connectivity index (χ0n) is 13.3. The van der Waals surface area contributed by atoms with E-state index in [0.717, 1.165) is 25.7 Å². The molecule has 0 aliphatic heterocycles. The maximum absolute atomic E-state index is 12.5. The highest BCUT2D eigenvalue weighted by molar-refractivity contribution is 7.80. The van der Waals surface area contributed by atoms with E-state index in [1.807, 2.05) is 0 Å². The van der Waals surface area contributed by atoms with Gasteiger partial charge >= 0.3 is 0 Å². The van der Waals surface area contributed by atoms with Crippen LogP contribution in [0, 0.1) is 11.8 Å². The fraction of sp³-hybridized carbons (Fsp3) is 0.882. The van der Waals surface area contributed by atoms with Crippen LogP contribution in [0.3, 0.4) is 0 Å². The molecule has 120 valence electrons. The molecule has 2 fully saturated rings. The van der Waals surface area contributed by atoms with Crippen molar-refractivity contribution in [3.63, 3.8) is 0 Å². The Balaban J connectivity index is 1.90. The van der Waals surface area contributed by atoms with Gasteiger partial charge in [0.15, 0.2) is 0 Å². The largest absolute Gasteiger partial charge is 0.391 e. The van der Waals surface area contributed by atoms with Crippen molar-refractivity contribution >= 4 is 23.1 Å². The van der Waals surface area contributed by atoms with Crippen molar-refractivity contribution < 1.29 is 4.79 Å². The molecule has 3 nitrogen and oxygen atoms in total. The summed E-state index contributed by atoms with van der Waals surface area (Å²) in [5.74, 6) is 1.42. The maximum atomic E-state index is 12.5. The van der Waals surface area contributed by atoms with Gasteiger partial charge < -0.3 is 11.1 Å². The van der Waals surface area contributed by atoms with Gasteiger partial charge in [-0.15, -0.1) is 0 Å². The molecule has 0 radical (unpaired) electrons. The van der Waals surface area contributed by atoms with E-state index < -0.39 is 5.54 Å². The summed E-state index contributed by atoms with van der Waals surface area (Å²) in [7, 11) is 0. The Morgan fingerprint density at radius 1 is 1.14 bits per heavy atom. The first-order valence-corrected chi connectivity index (χ1v) is 9.03. The van der Waals surface area contributed by atoms with Gasteiger partial charge in [-0.2, -0.15) is 0 Å². The average molecular weight is 311 g/mol. The number of carbonyl (C=O) groups is 1. The summed E-state index contributed by atoms with van der Waals surface area (Å²) >= 11 is 5.27. The molecule has 21 heavy (non-hydrogen) atoms. The second kappa shape index (κ2) is 7.57. The molecular weight excluding hydrogens is 280 g/mol. The molecule has 1 amide bonds. The molecule has 0 unspecified atom stereocenters. The zero-order chi connectivity index (χ0) is 15.3. The summed E-state index contributed by atoms with van der Waals surface area (Å²) in [6.45, 7) is 2.26. The Labute approximate surface area is 134 Å². The van der Waals surface area contributed by atoms with Crippen LogP contribution >= 0.6 is 12.2 Å². The second-order valence-electron chi connectivity index (χ2n) is 7.24. The van der Waals surface area contributed by atoms with Gasteiger partial charge in [0.2, 0.25) is 5.91 Å². The Hall–Kier alpha value is -0.640. The molecule has 0 aromatic heterocycles. The Morgan fingerprint density at radius 2 is 1.71 bits per heavy atom. The van der Waals surface area contributed by atoms with Crippen LogP contribution < -0.4 is 11.1 Å². The van der Waals surface area contributed by atoms with Gasteiger partial charge in [-0.25, -0.2) is 0 Å². The molecule has 0 heterocycles. The van der Waals surface area contributed by atoms with Gasteiger partial charge in [-0.3, -0.25) is 4.79 Å². The first kappa shape index (κ1) is 16.7. The van der Waals surface area contributed by atoms with Crippen molar-refractivity contribution in [2.75, 3.05) is 0 Å². The van der Waals surface area contributed by atoms with Gasteiger partial charge in [-0.1, -0.05) is 44.8 Å². The van der Waals surface area contributed by atoms with Gasteiger partial charge in [0.05, 0.1) is 10.5 Å². The van der Waals surface area contributed by atoms with Crippen LogP contribution in [0.5, 0.6) is 0 Å². The molecule has 0 aromatic rings. The molecule has 2 rings (SSSR count). The summed E-state index contributed by atoms with van der Waals surface area (Å²) in [6, 6.07) is 0. The van der Waals surface area contributed by atoms with Gasteiger partial charge in [-0.05, 0) is 50.4 Å². The molecule has 0 saturated heterocycles. The van der Waals surface area contributed by atoms with Crippen molar-refractivity contribution in [1.29, 1.82) is 0 Å². The SMILES string of the molecule is CC1CCC(NC(=O)CC2CCCCCC2)(C(N)=S)CC1. The molecule has 4 heteroatoms.